The van der Waals surface area contributed by atoms with Crippen molar-refractivity contribution in [2.75, 3.05) is 7.11 Å². The Hall–Kier alpha value is -2.37. The Bertz CT molecular complexity index is 733. The van der Waals surface area contributed by atoms with Gasteiger partial charge in [0.2, 0.25) is 11.8 Å². The first kappa shape index (κ1) is 29.7. The lowest BCUT2D eigenvalue weighted by Gasteiger charge is -2.28. The Morgan fingerprint density at radius 3 is 2.06 bits per heavy atom. The molecule has 6 nitrogen and oxygen atoms in total. The molecule has 34 heavy (non-hydrogen) atoms. The predicted molar refractivity (Wildman–Crippen MR) is 137 cm³/mol. The molecule has 192 valence electrons. The Morgan fingerprint density at radius 1 is 0.794 bits per heavy atom. The standard InChI is InChI=1S/C28H46N2O4/c1-20(2)12-13-22(5)25(30-27(32)18-21(3)4)15-14-24(19-23-10-8-7-9-11-23)29-26(31)16-17-28(33)34-6/h7-11,20-22,24-25H,12-19H2,1-6H3,(H,29,31)(H,30,32). The predicted octanol–water partition coefficient (Wildman–Crippen LogP) is 5.05. The van der Waals surface area contributed by atoms with Gasteiger partial charge in [0.05, 0.1) is 13.5 Å². The molecule has 0 bridgehead atoms. The molecule has 0 aliphatic carbocycles. The molecule has 1 aromatic rings. The number of nitrogens with one attached hydrogen (secondary N) is 2. The van der Waals surface area contributed by atoms with Gasteiger partial charge in [-0.05, 0) is 49.0 Å². The van der Waals surface area contributed by atoms with Crippen LogP contribution in [0.3, 0.4) is 0 Å². The zero-order valence-corrected chi connectivity index (χ0v) is 22.1. The first-order chi connectivity index (χ1) is 16.1. The van der Waals surface area contributed by atoms with Crippen molar-refractivity contribution in [2.45, 2.75) is 98.1 Å². The van der Waals surface area contributed by atoms with E-state index in [2.05, 4.69) is 62.1 Å². The van der Waals surface area contributed by atoms with E-state index in [0.29, 0.717) is 30.6 Å². The first-order valence-electron chi connectivity index (χ1n) is 12.8. The fourth-order valence-corrected chi connectivity index (χ4v) is 4.05. The van der Waals surface area contributed by atoms with E-state index in [4.69, 9.17) is 0 Å². The molecule has 2 amide bonds. The minimum absolute atomic E-state index is 0.0650. The quantitative estimate of drug-likeness (QED) is 0.328. The van der Waals surface area contributed by atoms with E-state index in [1.807, 2.05) is 18.2 Å². The summed E-state index contributed by atoms with van der Waals surface area (Å²) in [7, 11) is 1.33. The van der Waals surface area contributed by atoms with E-state index in [1.165, 1.54) is 7.11 Å². The van der Waals surface area contributed by atoms with Gasteiger partial charge in [-0.3, -0.25) is 14.4 Å². The van der Waals surface area contributed by atoms with Gasteiger partial charge in [0.15, 0.2) is 0 Å². The SMILES string of the molecule is COC(=O)CCC(=O)NC(CCC(NC(=O)CC(C)C)C(C)CCC(C)C)Cc1ccccc1. The molecule has 6 heteroatoms. The third kappa shape index (κ3) is 13.4. The molecule has 1 aromatic carbocycles. The second kappa shape index (κ2) is 16.3. The average molecular weight is 475 g/mol. The van der Waals surface area contributed by atoms with Crippen LogP contribution in [0.4, 0.5) is 0 Å². The number of hydrogen-bond donors (Lipinski definition) is 2. The van der Waals surface area contributed by atoms with Crippen molar-refractivity contribution in [3.8, 4) is 0 Å². The second-order valence-electron chi connectivity index (χ2n) is 10.3. The van der Waals surface area contributed by atoms with E-state index in [0.717, 1.165) is 31.2 Å². The van der Waals surface area contributed by atoms with Gasteiger partial charge in [-0.15, -0.1) is 0 Å². The number of carbonyl (C=O) groups is 3. The molecule has 0 saturated carbocycles. The monoisotopic (exact) mass is 474 g/mol. The van der Waals surface area contributed by atoms with Gasteiger partial charge in [0, 0.05) is 24.9 Å². The number of benzene rings is 1. The van der Waals surface area contributed by atoms with Crippen molar-refractivity contribution in [1.82, 2.24) is 10.6 Å². The molecule has 0 fully saturated rings. The van der Waals surface area contributed by atoms with Gasteiger partial charge in [-0.25, -0.2) is 0 Å². The Labute approximate surface area is 206 Å². The highest BCUT2D eigenvalue weighted by atomic mass is 16.5. The number of carbonyl (C=O) groups excluding carboxylic acids is 3. The van der Waals surface area contributed by atoms with Crippen LogP contribution in [-0.4, -0.2) is 37.0 Å². The molecule has 3 atom stereocenters. The number of hydrogen-bond acceptors (Lipinski definition) is 4. The molecule has 2 N–H and O–H groups in total. The summed E-state index contributed by atoms with van der Waals surface area (Å²) in [6.45, 7) is 10.8. The molecule has 0 radical (unpaired) electrons. The van der Waals surface area contributed by atoms with Crippen molar-refractivity contribution >= 4 is 17.8 Å². The molecule has 3 unspecified atom stereocenters. The largest absolute Gasteiger partial charge is 0.469 e. The first-order valence-corrected chi connectivity index (χ1v) is 12.8. The van der Waals surface area contributed by atoms with E-state index >= 15 is 0 Å². The van der Waals surface area contributed by atoms with Gasteiger partial charge in [-0.2, -0.15) is 0 Å². The average Bonchev–Trinajstić information content (AvgIpc) is 2.78. The Balaban J connectivity index is 2.87. The summed E-state index contributed by atoms with van der Waals surface area (Å²) in [5, 5.41) is 6.39. The van der Waals surface area contributed by atoms with Crippen molar-refractivity contribution in [2.24, 2.45) is 17.8 Å². The van der Waals surface area contributed by atoms with Crippen LogP contribution in [0.1, 0.15) is 85.1 Å². The minimum Gasteiger partial charge on any atom is -0.469 e. The lowest BCUT2D eigenvalue weighted by Crippen LogP contribution is -2.42. The summed E-state index contributed by atoms with van der Waals surface area (Å²) in [5.41, 5.74) is 1.15. The van der Waals surface area contributed by atoms with Gasteiger partial charge in [-0.1, -0.05) is 71.4 Å². The maximum absolute atomic E-state index is 12.6. The van der Waals surface area contributed by atoms with Crippen molar-refractivity contribution in [1.29, 1.82) is 0 Å². The van der Waals surface area contributed by atoms with Crippen molar-refractivity contribution < 1.29 is 19.1 Å². The van der Waals surface area contributed by atoms with E-state index in [1.54, 1.807) is 0 Å². The van der Waals surface area contributed by atoms with Crippen LogP contribution in [0.15, 0.2) is 30.3 Å². The van der Waals surface area contributed by atoms with Crippen LogP contribution < -0.4 is 10.6 Å². The van der Waals surface area contributed by atoms with Crippen LogP contribution in [0, 0.1) is 17.8 Å². The summed E-state index contributed by atoms with van der Waals surface area (Å²) in [4.78, 5) is 36.5. The summed E-state index contributed by atoms with van der Waals surface area (Å²) in [6.07, 6.45) is 5.12. The van der Waals surface area contributed by atoms with Crippen molar-refractivity contribution in [3.05, 3.63) is 35.9 Å². The molecular formula is C28H46N2O4. The van der Waals surface area contributed by atoms with Crippen molar-refractivity contribution in [3.63, 3.8) is 0 Å². The number of esters is 1. The molecule has 1 rings (SSSR count). The third-order valence-electron chi connectivity index (χ3n) is 6.13. The molecular weight excluding hydrogens is 428 g/mol. The Kier molecular flexibility index (Phi) is 14.2. The summed E-state index contributed by atoms with van der Waals surface area (Å²) in [5.74, 6) is 0.839. The van der Waals surface area contributed by atoms with Crippen LogP contribution in [-0.2, 0) is 25.5 Å². The van der Waals surface area contributed by atoms with Crippen LogP contribution in [0.5, 0.6) is 0 Å². The summed E-state index contributed by atoms with van der Waals surface area (Å²) < 4.78 is 4.65. The molecule has 0 aliphatic rings. The van der Waals surface area contributed by atoms with Gasteiger partial charge in [0.25, 0.3) is 0 Å². The van der Waals surface area contributed by atoms with Crippen LogP contribution in [0.25, 0.3) is 0 Å². The zero-order chi connectivity index (χ0) is 25.5. The molecule has 0 aliphatic heterocycles. The molecule has 0 heterocycles. The second-order valence-corrected chi connectivity index (χ2v) is 10.3. The molecule has 0 saturated heterocycles. The lowest BCUT2D eigenvalue weighted by atomic mass is 9.88. The van der Waals surface area contributed by atoms with E-state index in [9.17, 15) is 14.4 Å². The maximum atomic E-state index is 12.6. The number of ether oxygens (including phenoxy) is 1. The highest BCUT2D eigenvalue weighted by molar-refractivity contribution is 5.81. The number of amides is 2. The van der Waals surface area contributed by atoms with E-state index < -0.39 is 0 Å². The fraction of sp³-hybridized carbons (Fsp3) is 0.679. The number of methoxy groups -OCH3 is 1. The van der Waals surface area contributed by atoms with Gasteiger partial charge in [0.1, 0.15) is 0 Å². The van der Waals surface area contributed by atoms with E-state index in [-0.39, 0.29) is 42.7 Å². The smallest absolute Gasteiger partial charge is 0.306 e. The highest BCUT2D eigenvalue weighted by Gasteiger charge is 2.23. The summed E-state index contributed by atoms with van der Waals surface area (Å²) >= 11 is 0. The number of rotatable bonds is 16. The molecule has 0 spiro atoms. The lowest BCUT2D eigenvalue weighted by molar-refractivity contribution is -0.142. The highest BCUT2D eigenvalue weighted by Crippen LogP contribution is 2.21. The molecule has 0 aromatic heterocycles. The normalized spacial score (nSPS) is 13.9. The van der Waals surface area contributed by atoms with Gasteiger partial charge < -0.3 is 15.4 Å². The Morgan fingerprint density at radius 2 is 1.47 bits per heavy atom. The van der Waals surface area contributed by atoms with Crippen LogP contribution >= 0.6 is 0 Å². The minimum atomic E-state index is -0.387. The zero-order valence-electron chi connectivity index (χ0n) is 22.1. The maximum Gasteiger partial charge on any atom is 0.306 e. The topological polar surface area (TPSA) is 84.5 Å². The summed E-state index contributed by atoms with van der Waals surface area (Å²) in [6, 6.07) is 10.1. The third-order valence-corrected chi connectivity index (χ3v) is 6.13. The van der Waals surface area contributed by atoms with Crippen LogP contribution in [0.2, 0.25) is 0 Å². The fourth-order valence-electron chi connectivity index (χ4n) is 4.05. The van der Waals surface area contributed by atoms with Gasteiger partial charge >= 0.3 is 5.97 Å².